The second kappa shape index (κ2) is 7.99. The van der Waals surface area contributed by atoms with Crippen molar-refractivity contribution in [1.29, 1.82) is 0 Å². The fourth-order valence-electron chi connectivity index (χ4n) is 3.79. The van der Waals surface area contributed by atoms with Crippen LogP contribution in [0.5, 0.6) is 5.75 Å². The molecule has 6 heteroatoms. The van der Waals surface area contributed by atoms with E-state index in [0.717, 1.165) is 39.9 Å². The minimum Gasteiger partial charge on any atom is -0.497 e. The third kappa shape index (κ3) is 4.11. The number of hydrogen-bond donors (Lipinski definition) is 2. The van der Waals surface area contributed by atoms with Crippen LogP contribution in [0.15, 0.2) is 48.7 Å². The lowest BCUT2D eigenvalue weighted by Gasteiger charge is -2.16. The molecule has 1 atom stereocenters. The van der Waals surface area contributed by atoms with Gasteiger partial charge in [0.25, 0.3) is 0 Å². The van der Waals surface area contributed by atoms with E-state index in [2.05, 4.69) is 10.3 Å². The molecule has 1 aliphatic heterocycles. The number of aromatic nitrogens is 1. The summed E-state index contributed by atoms with van der Waals surface area (Å²) in [7, 11) is 1.65. The van der Waals surface area contributed by atoms with Crippen LogP contribution in [-0.4, -0.2) is 41.9 Å². The van der Waals surface area contributed by atoms with Crippen LogP contribution in [0.25, 0.3) is 10.9 Å². The quantitative estimate of drug-likeness (QED) is 0.675. The van der Waals surface area contributed by atoms with Gasteiger partial charge < -0.3 is 19.9 Å². The Hall–Kier alpha value is -3.28. The van der Waals surface area contributed by atoms with Gasteiger partial charge in [-0.15, -0.1) is 0 Å². The fourth-order valence-corrected chi connectivity index (χ4v) is 3.79. The molecule has 2 amide bonds. The van der Waals surface area contributed by atoms with Gasteiger partial charge in [0.15, 0.2) is 0 Å². The highest BCUT2D eigenvalue weighted by atomic mass is 16.5. The standard InChI is InChI=1S/C23H25N3O3/c1-15-3-5-18(6-4-15)25-23(28)17-11-22(27)26(14-17)10-9-16-13-24-21-8-7-19(29-2)12-20(16)21/h3-8,12-13,17,24H,9-11,14H2,1-2H3,(H,25,28). The van der Waals surface area contributed by atoms with E-state index in [-0.39, 0.29) is 24.2 Å². The zero-order valence-electron chi connectivity index (χ0n) is 16.7. The summed E-state index contributed by atoms with van der Waals surface area (Å²) in [6.07, 6.45) is 2.97. The molecule has 6 nitrogen and oxygen atoms in total. The zero-order chi connectivity index (χ0) is 20.4. The molecule has 1 saturated heterocycles. The SMILES string of the molecule is COc1ccc2[nH]cc(CCN3CC(C(=O)Nc4ccc(C)cc4)CC3=O)c2c1. The predicted molar refractivity (Wildman–Crippen MR) is 113 cm³/mol. The molecule has 1 fully saturated rings. The van der Waals surface area contributed by atoms with Crippen LogP contribution in [0, 0.1) is 12.8 Å². The number of anilines is 1. The smallest absolute Gasteiger partial charge is 0.229 e. The number of carbonyl (C=O) groups is 2. The number of rotatable bonds is 6. The lowest BCUT2D eigenvalue weighted by molar-refractivity contribution is -0.128. The van der Waals surface area contributed by atoms with E-state index in [1.165, 1.54) is 0 Å². The molecule has 3 aromatic rings. The second-order valence-corrected chi connectivity index (χ2v) is 7.57. The Kier molecular flexibility index (Phi) is 5.25. The highest BCUT2D eigenvalue weighted by Gasteiger charge is 2.34. The van der Waals surface area contributed by atoms with Gasteiger partial charge in [0.1, 0.15) is 5.75 Å². The number of nitrogens with zero attached hydrogens (tertiary/aromatic N) is 1. The van der Waals surface area contributed by atoms with Gasteiger partial charge in [0, 0.05) is 42.3 Å². The van der Waals surface area contributed by atoms with Gasteiger partial charge in [-0.3, -0.25) is 9.59 Å². The third-order valence-electron chi connectivity index (χ3n) is 5.53. The Morgan fingerprint density at radius 1 is 1.24 bits per heavy atom. The van der Waals surface area contributed by atoms with E-state index >= 15 is 0 Å². The highest BCUT2D eigenvalue weighted by molar-refractivity contribution is 5.97. The maximum absolute atomic E-state index is 12.6. The number of aryl methyl sites for hydroxylation is 1. The molecular formula is C23H25N3O3. The van der Waals surface area contributed by atoms with Crippen LogP contribution in [0.2, 0.25) is 0 Å². The van der Waals surface area contributed by atoms with Gasteiger partial charge in [-0.2, -0.15) is 0 Å². The van der Waals surface area contributed by atoms with Crippen LogP contribution < -0.4 is 10.1 Å². The van der Waals surface area contributed by atoms with E-state index in [9.17, 15) is 9.59 Å². The van der Waals surface area contributed by atoms with E-state index in [4.69, 9.17) is 4.74 Å². The first-order valence-electron chi connectivity index (χ1n) is 9.83. The molecule has 0 bridgehead atoms. The first-order valence-corrected chi connectivity index (χ1v) is 9.83. The Morgan fingerprint density at radius 2 is 2.03 bits per heavy atom. The van der Waals surface area contributed by atoms with Gasteiger partial charge >= 0.3 is 0 Å². The van der Waals surface area contributed by atoms with Gasteiger partial charge in [-0.05, 0) is 49.2 Å². The average Bonchev–Trinajstić information content (AvgIpc) is 3.30. The summed E-state index contributed by atoms with van der Waals surface area (Å²) in [5.41, 5.74) is 4.09. The van der Waals surface area contributed by atoms with Crippen molar-refractivity contribution in [3.8, 4) is 5.75 Å². The van der Waals surface area contributed by atoms with E-state index in [0.29, 0.717) is 13.1 Å². The Labute approximate surface area is 169 Å². The molecule has 4 rings (SSSR count). The molecule has 1 aliphatic rings. The number of amides is 2. The molecule has 0 aliphatic carbocycles. The largest absolute Gasteiger partial charge is 0.497 e. The van der Waals surface area contributed by atoms with Crippen molar-refractivity contribution in [2.45, 2.75) is 19.8 Å². The first kappa shape index (κ1) is 19.1. The number of likely N-dealkylation sites (tertiary alicyclic amines) is 1. The van der Waals surface area contributed by atoms with Crippen LogP contribution in [0.4, 0.5) is 5.69 Å². The van der Waals surface area contributed by atoms with Gasteiger partial charge in [-0.1, -0.05) is 17.7 Å². The lowest BCUT2D eigenvalue weighted by atomic mass is 10.1. The summed E-state index contributed by atoms with van der Waals surface area (Å²) in [6, 6.07) is 13.6. The average molecular weight is 391 g/mol. The molecule has 29 heavy (non-hydrogen) atoms. The molecular weight excluding hydrogens is 366 g/mol. The second-order valence-electron chi connectivity index (χ2n) is 7.57. The van der Waals surface area contributed by atoms with Crippen LogP contribution in [0.1, 0.15) is 17.5 Å². The van der Waals surface area contributed by atoms with Crippen molar-refractivity contribution in [1.82, 2.24) is 9.88 Å². The summed E-state index contributed by atoms with van der Waals surface area (Å²) in [5.74, 6) is 0.434. The molecule has 2 aromatic carbocycles. The van der Waals surface area contributed by atoms with Gasteiger partial charge in [0.05, 0.1) is 13.0 Å². The summed E-state index contributed by atoms with van der Waals surface area (Å²) in [4.78, 5) is 30.0. The number of carbonyl (C=O) groups excluding carboxylic acids is 2. The summed E-state index contributed by atoms with van der Waals surface area (Å²) in [5, 5.41) is 4.02. The van der Waals surface area contributed by atoms with E-state index in [1.807, 2.05) is 55.6 Å². The fraction of sp³-hybridized carbons (Fsp3) is 0.304. The number of benzene rings is 2. The predicted octanol–water partition coefficient (Wildman–Crippen LogP) is 3.51. The highest BCUT2D eigenvalue weighted by Crippen LogP contribution is 2.25. The summed E-state index contributed by atoms with van der Waals surface area (Å²) >= 11 is 0. The molecule has 1 aromatic heterocycles. The first-order chi connectivity index (χ1) is 14.0. The summed E-state index contributed by atoms with van der Waals surface area (Å²) in [6.45, 7) is 3.06. The summed E-state index contributed by atoms with van der Waals surface area (Å²) < 4.78 is 5.31. The van der Waals surface area contributed by atoms with Crippen LogP contribution in [-0.2, 0) is 16.0 Å². The minimum absolute atomic E-state index is 0.0338. The van der Waals surface area contributed by atoms with Crippen LogP contribution >= 0.6 is 0 Å². The molecule has 0 saturated carbocycles. The maximum atomic E-state index is 12.6. The van der Waals surface area contributed by atoms with Gasteiger partial charge in [0.2, 0.25) is 11.8 Å². The number of nitrogens with one attached hydrogen (secondary N) is 2. The molecule has 0 spiro atoms. The Morgan fingerprint density at radius 3 is 2.79 bits per heavy atom. The van der Waals surface area contributed by atoms with Crippen molar-refractivity contribution in [2.24, 2.45) is 5.92 Å². The Bertz CT molecular complexity index is 1040. The maximum Gasteiger partial charge on any atom is 0.229 e. The molecule has 150 valence electrons. The van der Waals surface area contributed by atoms with Crippen molar-refractivity contribution in [3.63, 3.8) is 0 Å². The number of aromatic amines is 1. The number of fused-ring (bicyclic) bond motifs is 1. The molecule has 2 heterocycles. The van der Waals surface area contributed by atoms with Gasteiger partial charge in [-0.25, -0.2) is 0 Å². The van der Waals surface area contributed by atoms with Crippen molar-refractivity contribution in [2.75, 3.05) is 25.5 Å². The third-order valence-corrected chi connectivity index (χ3v) is 5.53. The van der Waals surface area contributed by atoms with E-state index in [1.54, 1.807) is 12.0 Å². The minimum atomic E-state index is -0.313. The van der Waals surface area contributed by atoms with E-state index < -0.39 is 0 Å². The monoisotopic (exact) mass is 391 g/mol. The van der Waals surface area contributed by atoms with Crippen molar-refractivity contribution >= 4 is 28.4 Å². The normalized spacial score (nSPS) is 16.4. The zero-order valence-corrected chi connectivity index (χ0v) is 16.7. The molecule has 1 unspecified atom stereocenters. The topological polar surface area (TPSA) is 74.4 Å². The molecule has 2 N–H and O–H groups in total. The Balaban J connectivity index is 1.37. The van der Waals surface area contributed by atoms with Crippen molar-refractivity contribution in [3.05, 3.63) is 59.8 Å². The number of ether oxygens (including phenoxy) is 1. The van der Waals surface area contributed by atoms with Crippen molar-refractivity contribution < 1.29 is 14.3 Å². The number of methoxy groups -OCH3 is 1. The molecule has 0 radical (unpaired) electrons. The lowest BCUT2D eigenvalue weighted by Crippen LogP contribution is -2.30. The van der Waals surface area contributed by atoms with Crippen LogP contribution in [0.3, 0.4) is 0 Å². The number of hydrogen-bond acceptors (Lipinski definition) is 3. The number of H-pyrrole nitrogens is 1.